The Morgan fingerprint density at radius 1 is 0.828 bits per heavy atom. The number of amides is 1. The van der Waals surface area contributed by atoms with Crippen molar-refractivity contribution in [2.45, 2.75) is 33.6 Å². The van der Waals surface area contributed by atoms with E-state index >= 15 is 0 Å². The van der Waals surface area contributed by atoms with Gasteiger partial charge in [0, 0.05) is 11.1 Å². The molecule has 2 atom stereocenters. The molecule has 6 nitrogen and oxygen atoms in total. The van der Waals surface area contributed by atoms with Gasteiger partial charge in [0.2, 0.25) is 17.5 Å². The SMILES string of the molecule is CC1(C)[C@@]2(C(=O)Nc3ccc(N=Nc4ccccc4)cc3)CC[C@@]1(C)C(=O)C2=O. The summed E-state index contributed by atoms with van der Waals surface area (Å²) >= 11 is 0. The van der Waals surface area contributed by atoms with E-state index < -0.39 is 33.7 Å². The van der Waals surface area contributed by atoms with E-state index in [1.807, 2.05) is 51.1 Å². The molecule has 2 bridgehead atoms. The predicted octanol–water partition coefficient (Wildman–Crippen LogP) is 5.01. The Labute approximate surface area is 169 Å². The fourth-order valence-corrected chi connectivity index (χ4v) is 4.73. The number of carbonyl (C=O) groups is 3. The highest BCUT2D eigenvalue weighted by atomic mass is 16.2. The van der Waals surface area contributed by atoms with Gasteiger partial charge < -0.3 is 5.32 Å². The van der Waals surface area contributed by atoms with Crippen molar-refractivity contribution in [3.63, 3.8) is 0 Å². The third-order valence-electron chi connectivity index (χ3n) is 7.09. The summed E-state index contributed by atoms with van der Waals surface area (Å²) in [6.45, 7) is 5.52. The summed E-state index contributed by atoms with van der Waals surface area (Å²) in [6, 6.07) is 16.3. The minimum atomic E-state index is -1.30. The van der Waals surface area contributed by atoms with Crippen molar-refractivity contribution in [3.8, 4) is 0 Å². The van der Waals surface area contributed by atoms with Crippen molar-refractivity contribution in [1.29, 1.82) is 0 Å². The maximum Gasteiger partial charge on any atom is 0.239 e. The van der Waals surface area contributed by atoms with Gasteiger partial charge in [0.05, 0.1) is 11.4 Å². The fraction of sp³-hybridized carbons (Fsp3) is 0.348. The zero-order valence-electron chi connectivity index (χ0n) is 16.7. The smallest absolute Gasteiger partial charge is 0.239 e. The highest BCUT2D eigenvalue weighted by Crippen LogP contribution is 2.69. The Balaban J connectivity index is 1.53. The van der Waals surface area contributed by atoms with Gasteiger partial charge in [-0.1, -0.05) is 39.0 Å². The minimum absolute atomic E-state index is 0.399. The van der Waals surface area contributed by atoms with Gasteiger partial charge in [0.1, 0.15) is 5.41 Å². The summed E-state index contributed by atoms with van der Waals surface area (Å²) in [4.78, 5) is 38.5. The van der Waals surface area contributed by atoms with Crippen LogP contribution in [0.15, 0.2) is 64.8 Å². The van der Waals surface area contributed by atoms with Crippen molar-refractivity contribution in [1.82, 2.24) is 0 Å². The molecular weight excluding hydrogens is 366 g/mol. The van der Waals surface area contributed by atoms with E-state index in [0.717, 1.165) is 5.69 Å². The Bertz CT molecular complexity index is 1030. The second kappa shape index (κ2) is 6.44. The van der Waals surface area contributed by atoms with Gasteiger partial charge in [0.15, 0.2) is 0 Å². The molecule has 0 aliphatic heterocycles. The maximum absolute atomic E-state index is 13.2. The van der Waals surface area contributed by atoms with Crippen molar-refractivity contribution < 1.29 is 14.4 Å². The van der Waals surface area contributed by atoms with Crippen LogP contribution >= 0.6 is 0 Å². The highest BCUT2D eigenvalue weighted by molar-refractivity contribution is 6.49. The molecule has 29 heavy (non-hydrogen) atoms. The number of Topliss-reactive ketones (excluding diaryl/α,β-unsaturated/α-hetero) is 2. The first-order chi connectivity index (χ1) is 13.7. The lowest BCUT2D eigenvalue weighted by Gasteiger charge is -2.37. The Morgan fingerprint density at radius 2 is 1.41 bits per heavy atom. The standard InChI is InChI=1S/C23H23N3O3/c1-21(2)22(3)13-14-23(21,19(28)18(22)27)20(29)24-15-9-11-17(12-10-15)26-25-16-7-5-4-6-8-16/h4-12H,13-14H2,1-3H3,(H,24,29)/t22-,23-/m0/s1. The van der Waals surface area contributed by atoms with E-state index in [4.69, 9.17) is 0 Å². The van der Waals surface area contributed by atoms with Gasteiger partial charge in [-0.2, -0.15) is 10.2 Å². The average Bonchev–Trinajstić information content (AvgIpc) is 2.99. The zero-order chi connectivity index (χ0) is 20.9. The number of ketones is 2. The Kier molecular flexibility index (Phi) is 4.26. The van der Waals surface area contributed by atoms with Gasteiger partial charge in [-0.3, -0.25) is 14.4 Å². The number of rotatable bonds is 4. The molecule has 0 spiro atoms. The first kappa shape index (κ1) is 19.2. The van der Waals surface area contributed by atoms with E-state index in [2.05, 4.69) is 15.5 Å². The molecule has 1 N–H and O–H groups in total. The van der Waals surface area contributed by atoms with Crippen LogP contribution < -0.4 is 5.32 Å². The van der Waals surface area contributed by atoms with Gasteiger partial charge in [-0.05, 0) is 54.7 Å². The molecule has 2 saturated carbocycles. The van der Waals surface area contributed by atoms with Crippen LogP contribution in [-0.4, -0.2) is 17.5 Å². The van der Waals surface area contributed by atoms with E-state index in [1.165, 1.54) is 0 Å². The lowest BCUT2D eigenvalue weighted by molar-refractivity contribution is -0.147. The second-order valence-electron chi connectivity index (χ2n) is 8.56. The van der Waals surface area contributed by atoms with Crippen LogP contribution in [0.4, 0.5) is 17.1 Å². The van der Waals surface area contributed by atoms with E-state index in [-0.39, 0.29) is 0 Å². The molecule has 1 amide bonds. The molecule has 2 fully saturated rings. The molecular formula is C23H23N3O3. The molecule has 6 heteroatoms. The molecule has 0 radical (unpaired) electrons. The number of carbonyl (C=O) groups excluding carboxylic acids is 3. The molecule has 0 saturated heterocycles. The monoisotopic (exact) mass is 389 g/mol. The zero-order valence-corrected chi connectivity index (χ0v) is 16.7. The maximum atomic E-state index is 13.2. The van der Waals surface area contributed by atoms with Crippen molar-refractivity contribution >= 4 is 34.5 Å². The third kappa shape index (κ3) is 2.58. The van der Waals surface area contributed by atoms with Crippen LogP contribution in [0.1, 0.15) is 33.6 Å². The van der Waals surface area contributed by atoms with Crippen LogP contribution in [0, 0.1) is 16.2 Å². The summed E-state index contributed by atoms with van der Waals surface area (Å²) < 4.78 is 0. The Hall–Kier alpha value is -3.15. The summed E-state index contributed by atoms with van der Waals surface area (Å²) in [5.41, 5.74) is -0.846. The lowest BCUT2D eigenvalue weighted by atomic mass is 9.64. The largest absolute Gasteiger partial charge is 0.325 e. The molecule has 4 rings (SSSR count). The summed E-state index contributed by atoms with van der Waals surface area (Å²) in [5.74, 6) is -1.37. The Morgan fingerprint density at radius 3 is 1.97 bits per heavy atom. The highest BCUT2D eigenvalue weighted by Gasteiger charge is 2.77. The number of azo groups is 1. The van der Waals surface area contributed by atoms with Gasteiger partial charge in [-0.15, -0.1) is 0 Å². The van der Waals surface area contributed by atoms with E-state index in [0.29, 0.717) is 24.2 Å². The number of fused-ring (bicyclic) bond motifs is 2. The first-order valence-electron chi connectivity index (χ1n) is 9.70. The summed E-state index contributed by atoms with van der Waals surface area (Å²) in [5, 5.41) is 11.2. The number of hydrogen-bond donors (Lipinski definition) is 1. The molecule has 2 aliphatic carbocycles. The van der Waals surface area contributed by atoms with E-state index in [1.54, 1.807) is 24.3 Å². The molecule has 148 valence electrons. The van der Waals surface area contributed by atoms with Gasteiger partial charge >= 0.3 is 0 Å². The topological polar surface area (TPSA) is 88.0 Å². The number of benzene rings is 2. The summed E-state index contributed by atoms with van der Waals surface area (Å²) in [6.07, 6.45) is 0.951. The normalized spacial score (nSPS) is 27.6. The van der Waals surface area contributed by atoms with Gasteiger partial charge in [0.25, 0.3) is 0 Å². The van der Waals surface area contributed by atoms with Gasteiger partial charge in [-0.25, -0.2) is 0 Å². The molecule has 0 heterocycles. The average molecular weight is 389 g/mol. The molecule has 0 unspecified atom stereocenters. The van der Waals surface area contributed by atoms with Crippen molar-refractivity contribution in [2.24, 2.45) is 26.5 Å². The molecule has 2 aliphatic rings. The van der Waals surface area contributed by atoms with Crippen molar-refractivity contribution in [3.05, 3.63) is 54.6 Å². The van der Waals surface area contributed by atoms with Crippen LogP contribution in [0.2, 0.25) is 0 Å². The number of nitrogens with zero attached hydrogens (tertiary/aromatic N) is 2. The minimum Gasteiger partial charge on any atom is -0.325 e. The number of nitrogens with one attached hydrogen (secondary N) is 1. The molecule has 2 aromatic rings. The second-order valence-corrected chi connectivity index (χ2v) is 8.56. The van der Waals surface area contributed by atoms with Crippen LogP contribution in [0.5, 0.6) is 0 Å². The first-order valence-corrected chi connectivity index (χ1v) is 9.70. The number of hydrogen-bond acceptors (Lipinski definition) is 5. The predicted molar refractivity (Wildman–Crippen MR) is 109 cm³/mol. The molecule has 2 aromatic carbocycles. The lowest BCUT2D eigenvalue weighted by Crippen LogP contribution is -2.47. The fourth-order valence-electron chi connectivity index (χ4n) is 4.73. The third-order valence-corrected chi connectivity index (χ3v) is 7.09. The van der Waals surface area contributed by atoms with E-state index in [9.17, 15) is 14.4 Å². The molecule has 0 aromatic heterocycles. The number of anilines is 1. The summed E-state index contributed by atoms with van der Waals surface area (Å²) in [7, 11) is 0. The van der Waals surface area contributed by atoms with Crippen LogP contribution in [0.3, 0.4) is 0 Å². The van der Waals surface area contributed by atoms with Crippen molar-refractivity contribution in [2.75, 3.05) is 5.32 Å². The van der Waals surface area contributed by atoms with Crippen LogP contribution in [0.25, 0.3) is 0 Å². The van der Waals surface area contributed by atoms with Crippen LogP contribution in [-0.2, 0) is 14.4 Å². The quantitative estimate of drug-likeness (QED) is 0.453.